The number of carbonyl (C=O) groups excluding carboxylic acids is 1. The molecule has 0 fully saturated rings. The number of nitrogens with two attached hydrogens (primary N) is 1. The highest BCUT2D eigenvalue weighted by Crippen LogP contribution is 2.15. The first-order chi connectivity index (χ1) is 9.10. The Hall–Kier alpha value is -2.36. The number of aromatic nitrogens is 1. The third-order valence-corrected chi connectivity index (χ3v) is 2.96. The van der Waals surface area contributed by atoms with Crippen LogP contribution in [-0.2, 0) is 6.42 Å². The molecule has 0 saturated carbocycles. The van der Waals surface area contributed by atoms with Gasteiger partial charge < -0.3 is 11.1 Å². The maximum atomic E-state index is 12.1. The van der Waals surface area contributed by atoms with E-state index in [1.54, 1.807) is 6.07 Å². The van der Waals surface area contributed by atoms with Crippen molar-refractivity contribution in [3.63, 3.8) is 0 Å². The predicted molar refractivity (Wildman–Crippen MR) is 77.2 cm³/mol. The zero-order chi connectivity index (χ0) is 13.8. The highest BCUT2D eigenvalue weighted by Gasteiger charge is 2.08. The van der Waals surface area contributed by atoms with Crippen molar-refractivity contribution in [3.05, 3.63) is 53.2 Å². The Morgan fingerprint density at radius 2 is 2.00 bits per heavy atom. The van der Waals surface area contributed by atoms with Crippen molar-refractivity contribution in [2.45, 2.75) is 20.3 Å². The summed E-state index contributed by atoms with van der Waals surface area (Å²) in [6.45, 7) is 3.94. The lowest BCUT2D eigenvalue weighted by Crippen LogP contribution is -2.14. The molecule has 0 aliphatic rings. The minimum atomic E-state index is -0.164. The number of hydrogen-bond acceptors (Lipinski definition) is 3. The Morgan fingerprint density at radius 3 is 2.58 bits per heavy atom. The van der Waals surface area contributed by atoms with Gasteiger partial charge in [-0.2, -0.15) is 0 Å². The molecular weight excluding hydrogens is 238 g/mol. The van der Waals surface area contributed by atoms with Gasteiger partial charge in [0, 0.05) is 5.56 Å². The fraction of sp³-hybridized carbons (Fsp3) is 0.200. The maximum absolute atomic E-state index is 12.1. The predicted octanol–water partition coefficient (Wildman–Crippen LogP) is 2.79. The Kier molecular flexibility index (Phi) is 3.80. The normalized spacial score (nSPS) is 10.2. The number of hydrogen-bond donors (Lipinski definition) is 2. The number of aryl methyl sites for hydroxylation is 2. The van der Waals surface area contributed by atoms with E-state index in [-0.39, 0.29) is 5.91 Å². The van der Waals surface area contributed by atoms with Crippen molar-refractivity contribution in [2.75, 3.05) is 11.1 Å². The number of nitrogen functional groups attached to an aromatic ring is 1. The molecule has 1 heterocycles. The topological polar surface area (TPSA) is 68.0 Å². The summed E-state index contributed by atoms with van der Waals surface area (Å²) in [5.41, 5.74) is 8.89. The molecule has 4 heteroatoms. The molecule has 98 valence electrons. The largest absolute Gasteiger partial charge is 0.397 e. The van der Waals surface area contributed by atoms with Crippen molar-refractivity contribution in [1.82, 2.24) is 4.98 Å². The molecule has 0 aliphatic carbocycles. The Balaban J connectivity index is 2.15. The van der Waals surface area contributed by atoms with Gasteiger partial charge in [0.15, 0.2) is 0 Å². The first kappa shape index (κ1) is 13.1. The molecule has 4 nitrogen and oxygen atoms in total. The Labute approximate surface area is 112 Å². The lowest BCUT2D eigenvalue weighted by molar-refractivity contribution is 0.102. The average Bonchev–Trinajstić information content (AvgIpc) is 2.42. The molecule has 1 aromatic carbocycles. The van der Waals surface area contributed by atoms with Crippen LogP contribution in [0.4, 0.5) is 11.5 Å². The number of nitrogens with one attached hydrogen (secondary N) is 1. The molecule has 0 spiro atoms. The summed E-state index contributed by atoms with van der Waals surface area (Å²) in [5.74, 6) is 0.377. The van der Waals surface area contributed by atoms with Crippen LogP contribution < -0.4 is 11.1 Å². The number of carbonyl (C=O) groups is 1. The third-order valence-electron chi connectivity index (χ3n) is 2.96. The minimum Gasteiger partial charge on any atom is -0.397 e. The van der Waals surface area contributed by atoms with Crippen molar-refractivity contribution in [3.8, 4) is 0 Å². The van der Waals surface area contributed by atoms with Crippen LogP contribution in [0.15, 0.2) is 36.5 Å². The summed E-state index contributed by atoms with van der Waals surface area (Å²) in [6.07, 6.45) is 2.49. The van der Waals surface area contributed by atoms with E-state index in [1.807, 2.05) is 31.2 Å². The maximum Gasteiger partial charge on any atom is 0.256 e. The zero-order valence-electron chi connectivity index (χ0n) is 11.1. The molecular formula is C15H17N3O. The van der Waals surface area contributed by atoms with Gasteiger partial charge in [-0.15, -0.1) is 0 Å². The van der Waals surface area contributed by atoms with Gasteiger partial charge in [-0.25, -0.2) is 4.98 Å². The van der Waals surface area contributed by atoms with Gasteiger partial charge in [-0.05, 0) is 42.7 Å². The first-order valence-corrected chi connectivity index (χ1v) is 6.22. The van der Waals surface area contributed by atoms with E-state index in [2.05, 4.69) is 17.2 Å². The number of benzene rings is 1. The van der Waals surface area contributed by atoms with Crippen LogP contribution >= 0.6 is 0 Å². The second kappa shape index (κ2) is 5.52. The van der Waals surface area contributed by atoms with Crippen LogP contribution in [0.5, 0.6) is 0 Å². The fourth-order valence-electron chi connectivity index (χ4n) is 1.80. The molecule has 19 heavy (non-hydrogen) atoms. The van der Waals surface area contributed by atoms with Gasteiger partial charge in [0.25, 0.3) is 5.91 Å². The minimum absolute atomic E-state index is 0.164. The number of nitrogens with zero attached hydrogens (tertiary/aromatic N) is 1. The van der Waals surface area contributed by atoms with Crippen molar-refractivity contribution in [2.24, 2.45) is 0 Å². The van der Waals surface area contributed by atoms with Gasteiger partial charge in [-0.1, -0.05) is 19.1 Å². The summed E-state index contributed by atoms with van der Waals surface area (Å²) >= 11 is 0. The van der Waals surface area contributed by atoms with Gasteiger partial charge in [0.1, 0.15) is 5.82 Å². The van der Waals surface area contributed by atoms with Crippen molar-refractivity contribution in [1.29, 1.82) is 0 Å². The van der Waals surface area contributed by atoms with Crippen LogP contribution in [-0.4, -0.2) is 10.9 Å². The molecule has 0 atom stereocenters. The molecule has 0 bridgehead atoms. The second-order valence-corrected chi connectivity index (χ2v) is 4.44. The van der Waals surface area contributed by atoms with E-state index in [0.717, 1.165) is 12.0 Å². The fourth-order valence-corrected chi connectivity index (χ4v) is 1.80. The van der Waals surface area contributed by atoms with E-state index in [0.29, 0.717) is 17.1 Å². The molecule has 2 aromatic rings. The standard InChI is InChI=1S/C15H17N3O/c1-3-11-4-6-12(7-5-11)15(19)18-14-10(2)8-13(16)9-17-14/h4-9H,3,16H2,1-2H3,(H,17,18,19). The summed E-state index contributed by atoms with van der Waals surface area (Å²) in [6, 6.07) is 9.33. The van der Waals surface area contributed by atoms with Gasteiger partial charge in [0.05, 0.1) is 11.9 Å². The third kappa shape index (κ3) is 3.10. The SMILES string of the molecule is CCc1ccc(C(=O)Nc2ncc(N)cc2C)cc1. The lowest BCUT2D eigenvalue weighted by Gasteiger charge is -2.08. The molecule has 0 radical (unpaired) electrons. The quantitative estimate of drug-likeness (QED) is 0.886. The van der Waals surface area contributed by atoms with Crippen LogP contribution in [0.1, 0.15) is 28.4 Å². The molecule has 0 aliphatic heterocycles. The summed E-state index contributed by atoms with van der Waals surface area (Å²) in [7, 11) is 0. The molecule has 2 rings (SSSR count). The van der Waals surface area contributed by atoms with Crippen LogP contribution in [0.25, 0.3) is 0 Å². The highest BCUT2D eigenvalue weighted by atomic mass is 16.1. The lowest BCUT2D eigenvalue weighted by atomic mass is 10.1. The average molecular weight is 255 g/mol. The zero-order valence-corrected chi connectivity index (χ0v) is 11.1. The number of pyridine rings is 1. The molecule has 0 unspecified atom stereocenters. The summed E-state index contributed by atoms with van der Waals surface area (Å²) < 4.78 is 0. The summed E-state index contributed by atoms with van der Waals surface area (Å²) in [4.78, 5) is 16.2. The molecule has 1 aromatic heterocycles. The van der Waals surface area contributed by atoms with E-state index < -0.39 is 0 Å². The van der Waals surface area contributed by atoms with Crippen molar-refractivity contribution < 1.29 is 4.79 Å². The first-order valence-electron chi connectivity index (χ1n) is 6.22. The monoisotopic (exact) mass is 255 g/mol. The van der Waals surface area contributed by atoms with E-state index in [4.69, 9.17) is 5.73 Å². The Morgan fingerprint density at radius 1 is 1.32 bits per heavy atom. The molecule has 0 saturated heterocycles. The number of anilines is 2. The van der Waals surface area contributed by atoms with Crippen LogP contribution in [0, 0.1) is 6.92 Å². The number of amides is 1. The highest BCUT2D eigenvalue weighted by molar-refractivity contribution is 6.04. The Bertz CT molecular complexity index is 591. The van der Waals surface area contributed by atoms with Gasteiger partial charge in [0.2, 0.25) is 0 Å². The van der Waals surface area contributed by atoms with Gasteiger partial charge >= 0.3 is 0 Å². The van der Waals surface area contributed by atoms with Crippen molar-refractivity contribution >= 4 is 17.4 Å². The smallest absolute Gasteiger partial charge is 0.256 e. The van der Waals surface area contributed by atoms with Gasteiger partial charge in [-0.3, -0.25) is 4.79 Å². The summed E-state index contributed by atoms with van der Waals surface area (Å²) in [5, 5.41) is 2.79. The van der Waals surface area contributed by atoms with Crippen LogP contribution in [0.2, 0.25) is 0 Å². The second-order valence-electron chi connectivity index (χ2n) is 4.44. The molecule has 1 amide bonds. The van der Waals surface area contributed by atoms with E-state index in [9.17, 15) is 4.79 Å². The van der Waals surface area contributed by atoms with E-state index >= 15 is 0 Å². The van der Waals surface area contributed by atoms with E-state index in [1.165, 1.54) is 11.8 Å². The van der Waals surface area contributed by atoms with Crippen LogP contribution in [0.3, 0.4) is 0 Å². The molecule has 3 N–H and O–H groups in total. The number of rotatable bonds is 3.